The van der Waals surface area contributed by atoms with E-state index in [1.54, 1.807) is 7.11 Å². The molecule has 2 aromatic carbocycles. The van der Waals surface area contributed by atoms with Gasteiger partial charge in [0.05, 0.1) is 19.4 Å². The highest BCUT2D eigenvalue weighted by molar-refractivity contribution is 8.13. The molecule has 0 amide bonds. The molecule has 3 N–H and O–H groups in total. The van der Waals surface area contributed by atoms with Gasteiger partial charge in [-0.25, -0.2) is 4.99 Å². The SMILES string of the molecule is COc1cccc(N=C(N)SCc2ccc(CO)cc2)c1.Cl. The van der Waals surface area contributed by atoms with E-state index in [4.69, 9.17) is 15.6 Å². The first kappa shape index (κ1) is 18.4. The van der Waals surface area contributed by atoms with Crippen molar-refractivity contribution in [1.82, 2.24) is 0 Å². The number of hydrogen-bond donors (Lipinski definition) is 2. The van der Waals surface area contributed by atoms with Crippen molar-refractivity contribution in [3.8, 4) is 5.75 Å². The molecule has 6 heteroatoms. The minimum absolute atomic E-state index is 0. The van der Waals surface area contributed by atoms with E-state index in [0.717, 1.165) is 28.3 Å². The van der Waals surface area contributed by atoms with Crippen LogP contribution in [0.15, 0.2) is 53.5 Å². The summed E-state index contributed by atoms with van der Waals surface area (Å²) in [6.45, 7) is 0.0624. The number of thioether (sulfide) groups is 1. The number of benzene rings is 2. The van der Waals surface area contributed by atoms with Gasteiger partial charge in [0.25, 0.3) is 0 Å². The third kappa shape index (κ3) is 5.60. The number of nitrogens with zero attached hydrogens (tertiary/aromatic N) is 1. The molecule has 0 radical (unpaired) electrons. The molecule has 0 aliphatic rings. The van der Waals surface area contributed by atoms with Gasteiger partial charge in [-0.1, -0.05) is 42.1 Å². The van der Waals surface area contributed by atoms with Crippen molar-refractivity contribution in [3.05, 3.63) is 59.7 Å². The van der Waals surface area contributed by atoms with Crippen molar-refractivity contribution in [3.63, 3.8) is 0 Å². The van der Waals surface area contributed by atoms with Gasteiger partial charge in [0.15, 0.2) is 5.17 Å². The minimum atomic E-state index is 0. The highest BCUT2D eigenvalue weighted by atomic mass is 35.5. The molecule has 0 aliphatic carbocycles. The smallest absolute Gasteiger partial charge is 0.159 e. The first-order valence-electron chi connectivity index (χ1n) is 6.51. The quantitative estimate of drug-likeness (QED) is 0.647. The summed E-state index contributed by atoms with van der Waals surface area (Å²) in [5.74, 6) is 1.50. The molecule has 0 heterocycles. The summed E-state index contributed by atoms with van der Waals surface area (Å²) in [4.78, 5) is 4.35. The van der Waals surface area contributed by atoms with E-state index < -0.39 is 0 Å². The average molecular weight is 339 g/mol. The first-order chi connectivity index (χ1) is 10.2. The molecule has 0 aliphatic heterocycles. The predicted molar refractivity (Wildman–Crippen MR) is 95.2 cm³/mol. The van der Waals surface area contributed by atoms with Crippen LogP contribution in [0.2, 0.25) is 0 Å². The largest absolute Gasteiger partial charge is 0.497 e. The van der Waals surface area contributed by atoms with E-state index in [0.29, 0.717) is 5.17 Å². The zero-order chi connectivity index (χ0) is 15.1. The summed E-state index contributed by atoms with van der Waals surface area (Å²) in [6.07, 6.45) is 0. The van der Waals surface area contributed by atoms with E-state index in [-0.39, 0.29) is 19.0 Å². The second-order valence-corrected chi connectivity index (χ2v) is 5.41. The molecule has 4 nitrogen and oxygen atoms in total. The Bertz CT molecular complexity index is 618. The summed E-state index contributed by atoms with van der Waals surface area (Å²) < 4.78 is 5.15. The lowest BCUT2D eigenvalue weighted by Gasteiger charge is -2.04. The highest BCUT2D eigenvalue weighted by Gasteiger charge is 2.00. The Labute approximate surface area is 140 Å². The number of aliphatic imine (C=N–C) groups is 1. The van der Waals surface area contributed by atoms with Gasteiger partial charge >= 0.3 is 0 Å². The van der Waals surface area contributed by atoms with E-state index in [1.165, 1.54) is 11.8 Å². The maximum absolute atomic E-state index is 9.00. The van der Waals surface area contributed by atoms with E-state index in [9.17, 15) is 0 Å². The lowest BCUT2D eigenvalue weighted by Crippen LogP contribution is -2.06. The fourth-order valence-corrected chi connectivity index (χ4v) is 2.41. The van der Waals surface area contributed by atoms with Crippen LogP contribution in [0.4, 0.5) is 5.69 Å². The van der Waals surface area contributed by atoms with Crippen LogP contribution in [0, 0.1) is 0 Å². The van der Waals surface area contributed by atoms with Gasteiger partial charge < -0.3 is 15.6 Å². The van der Waals surface area contributed by atoms with Crippen molar-refractivity contribution in [2.24, 2.45) is 10.7 Å². The van der Waals surface area contributed by atoms with Crippen LogP contribution >= 0.6 is 24.2 Å². The van der Waals surface area contributed by atoms with Gasteiger partial charge in [-0.05, 0) is 23.3 Å². The highest BCUT2D eigenvalue weighted by Crippen LogP contribution is 2.21. The van der Waals surface area contributed by atoms with Crippen LogP contribution in [0.3, 0.4) is 0 Å². The number of ether oxygens (including phenoxy) is 1. The Morgan fingerprint density at radius 2 is 1.86 bits per heavy atom. The molecule has 0 saturated heterocycles. The topological polar surface area (TPSA) is 67.8 Å². The average Bonchev–Trinajstić information content (AvgIpc) is 2.53. The fourth-order valence-electron chi connectivity index (χ4n) is 1.74. The number of aliphatic hydroxyl groups excluding tert-OH is 1. The van der Waals surface area contributed by atoms with Crippen molar-refractivity contribution in [2.45, 2.75) is 12.4 Å². The summed E-state index contributed by atoms with van der Waals surface area (Å²) in [5.41, 5.74) is 8.75. The van der Waals surface area contributed by atoms with Crippen LogP contribution in [-0.4, -0.2) is 17.4 Å². The molecule has 0 unspecified atom stereocenters. The fraction of sp³-hybridized carbons (Fsp3) is 0.188. The molecule has 2 aromatic rings. The predicted octanol–water partition coefficient (Wildman–Crippen LogP) is 3.49. The third-order valence-corrected chi connectivity index (χ3v) is 3.75. The second-order valence-electron chi connectivity index (χ2n) is 4.41. The maximum atomic E-state index is 9.00. The molecule has 22 heavy (non-hydrogen) atoms. The first-order valence-corrected chi connectivity index (χ1v) is 7.49. The molecule has 0 spiro atoms. The van der Waals surface area contributed by atoms with Gasteiger partial charge in [0.1, 0.15) is 5.75 Å². The number of methoxy groups -OCH3 is 1. The third-order valence-electron chi connectivity index (χ3n) is 2.88. The van der Waals surface area contributed by atoms with E-state index >= 15 is 0 Å². The van der Waals surface area contributed by atoms with Gasteiger partial charge in [0.2, 0.25) is 0 Å². The Hall–Kier alpha value is -1.69. The normalized spacial score (nSPS) is 10.9. The van der Waals surface area contributed by atoms with Crippen LogP contribution in [0.5, 0.6) is 5.75 Å². The molecule has 0 aromatic heterocycles. The standard InChI is InChI=1S/C16H18N2O2S.ClH/c1-20-15-4-2-3-14(9-15)18-16(17)21-11-13-7-5-12(10-19)6-8-13;/h2-9,19H,10-11H2,1H3,(H2,17,18);1H. The van der Waals surface area contributed by atoms with Crippen LogP contribution < -0.4 is 10.5 Å². The lowest BCUT2D eigenvalue weighted by atomic mass is 10.2. The Kier molecular flexibility index (Phi) is 7.80. The Balaban J connectivity index is 0.00000242. The zero-order valence-electron chi connectivity index (χ0n) is 12.2. The summed E-state index contributed by atoms with van der Waals surface area (Å²) in [6, 6.07) is 15.2. The maximum Gasteiger partial charge on any atom is 0.159 e. The number of hydrogen-bond acceptors (Lipinski definition) is 4. The molecule has 118 valence electrons. The van der Waals surface area contributed by atoms with Crippen molar-refractivity contribution in [2.75, 3.05) is 7.11 Å². The van der Waals surface area contributed by atoms with Crippen molar-refractivity contribution in [1.29, 1.82) is 0 Å². The van der Waals surface area contributed by atoms with Crippen molar-refractivity contribution < 1.29 is 9.84 Å². The molecular weight excluding hydrogens is 320 g/mol. The number of amidine groups is 1. The summed E-state index contributed by atoms with van der Waals surface area (Å²) in [7, 11) is 1.62. The van der Waals surface area contributed by atoms with Crippen LogP contribution in [0.1, 0.15) is 11.1 Å². The molecule has 2 rings (SSSR count). The number of halogens is 1. The number of aliphatic hydroxyl groups is 1. The molecule has 0 saturated carbocycles. The Morgan fingerprint density at radius 3 is 2.50 bits per heavy atom. The Morgan fingerprint density at radius 1 is 1.18 bits per heavy atom. The van der Waals surface area contributed by atoms with E-state index in [1.807, 2.05) is 48.5 Å². The van der Waals surface area contributed by atoms with Gasteiger partial charge in [-0.2, -0.15) is 0 Å². The summed E-state index contributed by atoms with van der Waals surface area (Å²) in [5, 5.41) is 9.51. The molecule has 0 fully saturated rings. The lowest BCUT2D eigenvalue weighted by molar-refractivity contribution is 0.282. The van der Waals surface area contributed by atoms with Crippen LogP contribution in [0.25, 0.3) is 0 Å². The molecule has 0 atom stereocenters. The number of nitrogens with two attached hydrogens (primary N) is 1. The zero-order valence-corrected chi connectivity index (χ0v) is 13.9. The van der Waals surface area contributed by atoms with Crippen LogP contribution in [-0.2, 0) is 12.4 Å². The van der Waals surface area contributed by atoms with Gasteiger partial charge in [-0.3, -0.25) is 0 Å². The second kappa shape index (κ2) is 9.35. The van der Waals surface area contributed by atoms with E-state index in [2.05, 4.69) is 4.99 Å². The van der Waals surface area contributed by atoms with Gasteiger partial charge in [0, 0.05) is 11.8 Å². The molecule has 0 bridgehead atoms. The minimum Gasteiger partial charge on any atom is -0.497 e. The monoisotopic (exact) mass is 338 g/mol. The van der Waals surface area contributed by atoms with Gasteiger partial charge in [-0.15, -0.1) is 12.4 Å². The number of rotatable bonds is 5. The van der Waals surface area contributed by atoms with Crippen molar-refractivity contribution >= 4 is 35.0 Å². The summed E-state index contributed by atoms with van der Waals surface area (Å²) >= 11 is 1.48. The molecular formula is C16H19ClN2O2S.